The number of nitrogens with one attached hydrogen (secondary N) is 1. The van der Waals surface area contributed by atoms with Crippen LogP contribution in [0.5, 0.6) is 0 Å². The number of hydrogen-bond acceptors (Lipinski definition) is 7. The SMILES string of the molecule is C[C@H]1OC[C@]2(c3cc(NC(=O)c4ccc(C(F)(F)F)cn4)ccc3F)N=C(N)N(C)S(=O)(=O)[C@H]12. The van der Waals surface area contributed by atoms with Gasteiger partial charge in [0.1, 0.15) is 22.3 Å². The van der Waals surface area contributed by atoms with Gasteiger partial charge < -0.3 is 15.8 Å². The Labute approximate surface area is 191 Å². The molecule has 4 rings (SSSR count). The van der Waals surface area contributed by atoms with Crippen LogP contribution in [0.15, 0.2) is 41.5 Å². The van der Waals surface area contributed by atoms with Gasteiger partial charge in [-0.2, -0.15) is 13.2 Å². The number of pyridine rings is 1. The molecular weight excluding hydrogens is 482 g/mol. The molecule has 2 aromatic rings. The van der Waals surface area contributed by atoms with Crippen LogP contribution in [0.4, 0.5) is 23.2 Å². The van der Waals surface area contributed by atoms with Crippen molar-refractivity contribution in [2.24, 2.45) is 10.7 Å². The van der Waals surface area contributed by atoms with Crippen molar-refractivity contribution in [3.63, 3.8) is 0 Å². The summed E-state index contributed by atoms with van der Waals surface area (Å²) in [6.45, 7) is 1.25. The smallest absolute Gasteiger partial charge is 0.374 e. The van der Waals surface area contributed by atoms with Gasteiger partial charge in [0.05, 0.1) is 18.3 Å². The minimum Gasteiger partial charge on any atom is -0.374 e. The maximum absolute atomic E-state index is 15.0. The Kier molecular flexibility index (Phi) is 5.55. The molecule has 1 saturated heterocycles. The molecule has 1 aromatic heterocycles. The van der Waals surface area contributed by atoms with E-state index >= 15 is 4.39 Å². The van der Waals surface area contributed by atoms with Crippen LogP contribution in [-0.2, 0) is 26.5 Å². The van der Waals surface area contributed by atoms with E-state index in [4.69, 9.17) is 10.5 Å². The minimum atomic E-state index is -4.61. The number of halogens is 4. The van der Waals surface area contributed by atoms with Crippen LogP contribution in [0, 0.1) is 5.82 Å². The third kappa shape index (κ3) is 3.76. The van der Waals surface area contributed by atoms with Gasteiger partial charge in [0.25, 0.3) is 5.91 Å². The summed E-state index contributed by atoms with van der Waals surface area (Å²) >= 11 is 0. The van der Waals surface area contributed by atoms with Crippen molar-refractivity contribution in [2.75, 3.05) is 19.0 Å². The van der Waals surface area contributed by atoms with Gasteiger partial charge in [0, 0.05) is 24.5 Å². The van der Waals surface area contributed by atoms with E-state index < -0.39 is 50.4 Å². The van der Waals surface area contributed by atoms with Gasteiger partial charge in [-0.25, -0.2) is 22.1 Å². The zero-order valence-corrected chi connectivity index (χ0v) is 18.6. The molecular formula is C20H19F4N5O4S. The number of amides is 1. The van der Waals surface area contributed by atoms with E-state index in [0.29, 0.717) is 12.3 Å². The van der Waals surface area contributed by atoms with Crippen molar-refractivity contribution < 1.29 is 35.5 Å². The zero-order chi connectivity index (χ0) is 25.1. The molecule has 0 aliphatic carbocycles. The molecule has 3 N–H and O–H groups in total. The lowest BCUT2D eigenvalue weighted by molar-refractivity contribution is -0.137. The summed E-state index contributed by atoms with van der Waals surface area (Å²) in [6, 6.07) is 5.03. The lowest BCUT2D eigenvalue weighted by Crippen LogP contribution is -2.58. The first-order valence-electron chi connectivity index (χ1n) is 9.86. The number of anilines is 1. The predicted octanol–water partition coefficient (Wildman–Crippen LogP) is 2.06. The predicted molar refractivity (Wildman–Crippen MR) is 113 cm³/mol. The Morgan fingerprint density at radius 2 is 2.00 bits per heavy atom. The number of rotatable bonds is 3. The van der Waals surface area contributed by atoms with Crippen LogP contribution in [0.2, 0.25) is 0 Å². The second-order valence-corrected chi connectivity index (χ2v) is 10.0. The van der Waals surface area contributed by atoms with Crippen LogP contribution in [0.25, 0.3) is 0 Å². The number of ether oxygens (including phenoxy) is 1. The molecule has 1 aromatic carbocycles. The number of benzene rings is 1. The number of nitrogens with two attached hydrogens (primary N) is 1. The van der Waals surface area contributed by atoms with Crippen LogP contribution >= 0.6 is 0 Å². The van der Waals surface area contributed by atoms with E-state index in [1.54, 1.807) is 0 Å². The molecule has 3 heterocycles. The Balaban J connectivity index is 1.71. The Morgan fingerprint density at radius 3 is 2.62 bits per heavy atom. The molecule has 0 spiro atoms. The fourth-order valence-corrected chi connectivity index (χ4v) is 6.04. The van der Waals surface area contributed by atoms with Crippen molar-refractivity contribution in [1.82, 2.24) is 9.29 Å². The normalized spacial score (nSPS) is 26.1. The number of alkyl halides is 3. The molecule has 0 bridgehead atoms. The Bertz CT molecular complexity index is 1280. The number of carbonyl (C=O) groups is 1. The Morgan fingerprint density at radius 1 is 1.29 bits per heavy atom. The standard InChI is InChI=1S/C20H19F4N5O4S/c1-10-16-19(9-33-10,28-18(25)29(2)34(16,31)32)13-7-12(4-5-14(13)21)27-17(30)15-6-3-11(8-26-15)20(22,23)24/h3-8,10,16H,9H2,1-2H3,(H2,25,28)(H,27,30)/t10-,16-,19-/m1/s1. The fraction of sp³-hybridized carbons (Fsp3) is 0.350. The van der Waals surface area contributed by atoms with Crippen molar-refractivity contribution in [1.29, 1.82) is 0 Å². The summed E-state index contributed by atoms with van der Waals surface area (Å²) in [7, 11) is -2.83. The highest BCUT2D eigenvalue weighted by atomic mass is 32.2. The number of sulfonamides is 1. The van der Waals surface area contributed by atoms with Gasteiger partial charge in [-0.3, -0.25) is 9.78 Å². The van der Waals surface area contributed by atoms with Gasteiger partial charge in [0.15, 0.2) is 0 Å². The summed E-state index contributed by atoms with van der Waals surface area (Å²) in [6.07, 6.45) is -4.92. The van der Waals surface area contributed by atoms with Crippen LogP contribution in [0.1, 0.15) is 28.5 Å². The second kappa shape index (κ2) is 7.91. The average Bonchev–Trinajstić information content (AvgIpc) is 3.11. The highest BCUT2D eigenvalue weighted by molar-refractivity contribution is 7.90. The van der Waals surface area contributed by atoms with Gasteiger partial charge in [-0.1, -0.05) is 0 Å². The Hall–Kier alpha value is -3.26. The van der Waals surface area contributed by atoms with Crippen LogP contribution < -0.4 is 11.1 Å². The number of nitrogens with zero attached hydrogens (tertiary/aromatic N) is 3. The molecule has 1 fully saturated rings. The summed E-state index contributed by atoms with van der Waals surface area (Å²) < 4.78 is 85.6. The molecule has 3 atom stereocenters. The number of hydrogen-bond donors (Lipinski definition) is 2. The molecule has 0 unspecified atom stereocenters. The van der Waals surface area contributed by atoms with Gasteiger partial charge in [0.2, 0.25) is 16.0 Å². The summed E-state index contributed by atoms with van der Waals surface area (Å²) in [5, 5.41) is 1.14. The lowest BCUT2D eigenvalue weighted by atomic mass is 9.86. The average molecular weight is 501 g/mol. The monoisotopic (exact) mass is 501 g/mol. The summed E-state index contributed by atoms with van der Waals surface area (Å²) in [5.74, 6) is -2.00. The van der Waals surface area contributed by atoms with Gasteiger partial charge >= 0.3 is 6.18 Å². The topological polar surface area (TPSA) is 127 Å². The summed E-state index contributed by atoms with van der Waals surface area (Å²) in [5.41, 5.74) is 2.67. The molecule has 0 radical (unpaired) electrons. The third-order valence-corrected chi connectivity index (χ3v) is 8.18. The van der Waals surface area contributed by atoms with Crippen molar-refractivity contribution in [2.45, 2.75) is 30.0 Å². The summed E-state index contributed by atoms with van der Waals surface area (Å²) in [4.78, 5) is 20.3. The quantitative estimate of drug-likeness (QED) is 0.620. The van der Waals surface area contributed by atoms with Crippen LogP contribution in [-0.4, -0.2) is 54.6 Å². The zero-order valence-electron chi connectivity index (χ0n) is 17.8. The van der Waals surface area contributed by atoms with E-state index in [1.807, 2.05) is 0 Å². The van der Waals surface area contributed by atoms with E-state index in [-0.39, 0.29) is 29.5 Å². The second-order valence-electron chi connectivity index (χ2n) is 7.92. The maximum Gasteiger partial charge on any atom is 0.417 e. The van der Waals surface area contributed by atoms with E-state index in [1.165, 1.54) is 26.1 Å². The highest BCUT2D eigenvalue weighted by Crippen LogP contribution is 2.46. The lowest BCUT2D eigenvalue weighted by Gasteiger charge is -2.39. The minimum absolute atomic E-state index is 0.0425. The number of aliphatic imine (C=N–C) groups is 1. The van der Waals surface area contributed by atoms with Crippen molar-refractivity contribution in [3.05, 3.63) is 59.2 Å². The molecule has 2 aliphatic heterocycles. The molecule has 1 amide bonds. The van der Waals surface area contributed by atoms with Gasteiger partial charge in [-0.05, 0) is 37.3 Å². The third-order valence-electron chi connectivity index (χ3n) is 5.82. The van der Waals surface area contributed by atoms with Crippen molar-refractivity contribution >= 4 is 27.6 Å². The van der Waals surface area contributed by atoms with Crippen molar-refractivity contribution in [3.8, 4) is 0 Å². The molecule has 2 aliphatic rings. The molecule has 9 nitrogen and oxygen atoms in total. The van der Waals surface area contributed by atoms with Gasteiger partial charge in [-0.15, -0.1) is 0 Å². The number of guanidine groups is 1. The van der Waals surface area contributed by atoms with E-state index in [9.17, 15) is 26.4 Å². The number of carbonyl (C=O) groups excluding carboxylic acids is 1. The maximum atomic E-state index is 15.0. The van der Waals surface area contributed by atoms with E-state index in [2.05, 4.69) is 15.3 Å². The first-order valence-corrected chi connectivity index (χ1v) is 11.4. The fourth-order valence-electron chi connectivity index (χ4n) is 4.09. The molecule has 14 heteroatoms. The molecule has 182 valence electrons. The number of fused-ring (bicyclic) bond motifs is 1. The molecule has 0 saturated carbocycles. The van der Waals surface area contributed by atoms with Crippen LogP contribution in [0.3, 0.4) is 0 Å². The van der Waals surface area contributed by atoms with E-state index in [0.717, 1.165) is 16.4 Å². The largest absolute Gasteiger partial charge is 0.417 e. The first-order chi connectivity index (χ1) is 15.8. The first kappa shape index (κ1) is 23.9. The molecule has 34 heavy (non-hydrogen) atoms. The number of aromatic nitrogens is 1. The highest BCUT2D eigenvalue weighted by Gasteiger charge is 2.61.